The maximum absolute atomic E-state index is 14.5. The van der Waals surface area contributed by atoms with Crippen LogP contribution in [0.25, 0.3) is 0 Å². The summed E-state index contributed by atoms with van der Waals surface area (Å²) in [5, 5.41) is 0. The summed E-state index contributed by atoms with van der Waals surface area (Å²) in [7, 11) is -2.32. The van der Waals surface area contributed by atoms with Gasteiger partial charge in [0.1, 0.15) is 4.90 Å². The van der Waals surface area contributed by atoms with Crippen molar-refractivity contribution >= 4 is 10.0 Å². The van der Waals surface area contributed by atoms with E-state index in [-0.39, 0.29) is 6.42 Å². The summed E-state index contributed by atoms with van der Waals surface area (Å²) in [5.74, 6) is -7.32. The third kappa shape index (κ3) is 4.19. The molecule has 0 bridgehead atoms. The molecule has 1 aliphatic rings. The Morgan fingerprint density at radius 1 is 0.862 bits per heavy atom. The van der Waals surface area contributed by atoms with Gasteiger partial charge in [0.15, 0.2) is 23.3 Å². The van der Waals surface area contributed by atoms with Gasteiger partial charge in [-0.2, -0.15) is 0 Å². The molecule has 2 aromatic carbocycles. The molecule has 0 spiro atoms. The highest BCUT2D eigenvalue weighted by atomic mass is 32.2. The van der Waals surface area contributed by atoms with Gasteiger partial charge in [0.2, 0.25) is 10.0 Å². The Bertz CT molecular complexity index is 999. The normalized spacial score (nSPS) is 15.8. The lowest BCUT2D eigenvalue weighted by Gasteiger charge is -2.22. The zero-order valence-electron chi connectivity index (χ0n) is 16.3. The van der Waals surface area contributed by atoms with E-state index in [4.69, 9.17) is 0 Å². The van der Waals surface area contributed by atoms with E-state index in [1.54, 1.807) is 12.1 Å². The molecule has 3 rings (SSSR count). The second-order valence-corrected chi connectivity index (χ2v) is 9.69. The van der Waals surface area contributed by atoms with E-state index in [2.05, 4.69) is 0 Å². The van der Waals surface area contributed by atoms with E-state index in [1.807, 2.05) is 12.1 Å². The monoisotopic (exact) mass is 429 g/mol. The molecule has 1 saturated carbocycles. The molecule has 0 aromatic heterocycles. The Morgan fingerprint density at radius 2 is 1.41 bits per heavy atom. The van der Waals surface area contributed by atoms with Crippen LogP contribution in [0.1, 0.15) is 54.7 Å². The number of hydrogen-bond acceptors (Lipinski definition) is 2. The van der Waals surface area contributed by atoms with Crippen LogP contribution in [-0.2, 0) is 16.4 Å². The van der Waals surface area contributed by atoms with Gasteiger partial charge >= 0.3 is 0 Å². The SMILES string of the molecule is CN(C)S(=O)(=O)c1c(F)c(F)c(F)c(F)c1Cc1ccc(C2CCCCC2)cc1. The second kappa shape index (κ2) is 8.44. The molecule has 0 radical (unpaired) electrons. The first kappa shape index (κ1) is 21.8. The molecule has 0 atom stereocenters. The molecule has 29 heavy (non-hydrogen) atoms. The van der Waals surface area contributed by atoms with Gasteiger partial charge in [0.05, 0.1) is 0 Å². The molecule has 1 aliphatic carbocycles. The minimum atomic E-state index is -4.53. The molecule has 0 unspecified atom stereocenters. The zero-order chi connectivity index (χ0) is 21.3. The summed E-state index contributed by atoms with van der Waals surface area (Å²) in [5.41, 5.74) is 0.885. The van der Waals surface area contributed by atoms with Gasteiger partial charge in [0.25, 0.3) is 0 Å². The predicted octanol–water partition coefficient (Wildman–Crippen LogP) is 5.13. The number of sulfonamides is 1. The molecular formula is C21H23F4NO2S. The molecule has 0 N–H and O–H groups in total. The Kier molecular flexibility index (Phi) is 6.33. The third-order valence-electron chi connectivity index (χ3n) is 5.49. The van der Waals surface area contributed by atoms with Crippen LogP contribution in [0, 0.1) is 23.3 Å². The number of nitrogens with zero attached hydrogens (tertiary/aromatic N) is 1. The van der Waals surface area contributed by atoms with Crippen molar-refractivity contribution in [2.45, 2.75) is 49.3 Å². The Labute approximate surface area is 168 Å². The van der Waals surface area contributed by atoms with E-state index in [0.717, 1.165) is 45.3 Å². The van der Waals surface area contributed by atoms with Crippen LogP contribution in [0.3, 0.4) is 0 Å². The maximum atomic E-state index is 14.5. The zero-order valence-corrected chi connectivity index (χ0v) is 17.1. The smallest absolute Gasteiger partial charge is 0.207 e. The maximum Gasteiger partial charge on any atom is 0.245 e. The Morgan fingerprint density at radius 3 is 1.97 bits per heavy atom. The molecule has 8 heteroatoms. The molecule has 1 fully saturated rings. The number of benzene rings is 2. The number of rotatable bonds is 5. The molecule has 158 valence electrons. The van der Waals surface area contributed by atoms with Crippen molar-refractivity contribution < 1.29 is 26.0 Å². The van der Waals surface area contributed by atoms with Crippen LogP contribution in [0.15, 0.2) is 29.2 Å². The molecule has 0 saturated heterocycles. The lowest BCUT2D eigenvalue weighted by Crippen LogP contribution is -2.26. The summed E-state index contributed by atoms with van der Waals surface area (Å²) in [6, 6.07) is 7.13. The van der Waals surface area contributed by atoms with Crippen molar-refractivity contribution in [3.8, 4) is 0 Å². The molecule has 0 amide bonds. The van der Waals surface area contributed by atoms with Crippen LogP contribution < -0.4 is 0 Å². The average Bonchev–Trinajstić information content (AvgIpc) is 2.71. The highest BCUT2D eigenvalue weighted by Crippen LogP contribution is 2.34. The van der Waals surface area contributed by atoms with Gasteiger partial charge in [-0.1, -0.05) is 43.5 Å². The molecule has 3 nitrogen and oxygen atoms in total. The van der Waals surface area contributed by atoms with Crippen molar-refractivity contribution in [3.05, 3.63) is 64.2 Å². The lowest BCUT2D eigenvalue weighted by molar-refractivity contribution is 0.388. The van der Waals surface area contributed by atoms with Gasteiger partial charge in [0, 0.05) is 26.1 Å². The minimum Gasteiger partial charge on any atom is -0.207 e. The summed E-state index contributed by atoms with van der Waals surface area (Å²) >= 11 is 0. The van der Waals surface area contributed by atoms with E-state index in [1.165, 1.54) is 6.42 Å². The largest absolute Gasteiger partial charge is 0.245 e. The first-order valence-electron chi connectivity index (χ1n) is 9.50. The van der Waals surface area contributed by atoms with Crippen molar-refractivity contribution in [1.29, 1.82) is 0 Å². The Balaban J connectivity index is 2.02. The van der Waals surface area contributed by atoms with Crippen LogP contribution in [0.4, 0.5) is 17.6 Å². The van der Waals surface area contributed by atoms with Crippen molar-refractivity contribution in [2.24, 2.45) is 0 Å². The van der Waals surface area contributed by atoms with Crippen LogP contribution >= 0.6 is 0 Å². The topological polar surface area (TPSA) is 37.4 Å². The highest BCUT2D eigenvalue weighted by Gasteiger charge is 2.34. The minimum absolute atomic E-state index is 0.382. The lowest BCUT2D eigenvalue weighted by atomic mass is 9.84. The van der Waals surface area contributed by atoms with Crippen molar-refractivity contribution in [2.75, 3.05) is 14.1 Å². The molecular weight excluding hydrogens is 406 g/mol. The molecule has 2 aromatic rings. The summed E-state index contributed by atoms with van der Waals surface area (Å²) in [6.45, 7) is 0. The quantitative estimate of drug-likeness (QED) is 0.375. The van der Waals surface area contributed by atoms with Crippen molar-refractivity contribution in [3.63, 3.8) is 0 Å². The van der Waals surface area contributed by atoms with Gasteiger partial charge in [-0.15, -0.1) is 0 Å². The van der Waals surface area contributed by atoms with Crippen LogP contribution in [0.5, 0.6) is 0 Å². The number of halogens is 4. The van der Waals surface area contributed by atoms with E-state index >= 15 is 0 Å². The van der Waals surface area contributed by atoms with E-state index < -0.39 is 43.8 Å². The first-order chi connectivity index (χ1) is 13.6. The summed E-state index contributed by atoms with van der Waals surface area (Å²) < 4.78 is 82.0. The molecule has 0 aliphatic heterocycles. The Hall–Kier alpha value is -1.93. The van der Waals surface area contributed by atoms with Gasteiger partial charge in [-0.25, -0.2) is 30.3 Å². The second-order valence-electron chi connectivity index (χ2n) is 7.60. The predicted molar refractivity (Wildman–Crippen MR) is 102 cm³/mol. The van der Waals surface area contributed by atoms with Gasteiger partial charge in [-0.05, 0) is 29.9 Å². The third-order valence-corrected chi connectivity index (χ3v) is 7.40. The fourth-order valence-corrected chi connectivity index (χ4v) is 4.97. The van der Waals surface area contributed by atoms with Gasteiger partial charge in [-0.3, -0.25) is 0 Å². The van der Waals surface area contributed by atoms with Crippen molar-refractivity contribution in [1.82, 2.24) is 4.31 Å². The summed E-state index contributed by atoms with van der Waals surface area (Å²) in [4.78, 5) is -1.17. The van der Waals surface area contributed by atoms with Crippen LogP contribution in [-0.4, -0.2) is 26.8 Å². The number of hydrogen-bond donors (Lipinski definition) is 0. The highest BCUT2D eigenvalue weighted by molar-refractivity contribution is 7.89. The summed E-state index contributed by atoms with van der Waals surface area (Å²) in [6.07, 6.45) is 5.35. The fourth-order valence-electron chi connectivity index (χ4n) is 3.81. The first-order valence-corrected chi connectivity index (χ1v) is 10.9. The average molecular weight is 429 g/mol. The van der Waals surface area contributed by atoms with Gasteiger partial charge < -0.3 is 0 Å². The molecule has 0 heterocycles. The standard InChI is InChI=1S/C21H23F4NO2S/c1-26(2)29(27,28)21-16(17(22)18(23)19(24)20(21)25)12-13-8-10-15(11-9-13)14-6-4-3-5-7-14/h8-11,14H,3-7,12H2,1-2H3. The fraction of sp³-hybridized carbons (Fsp3) is 0.429. The van der Waals surface area contributed by atoms with E-state index in [9.17, 15) is 26.0 Å². The van der Waals surface area contributed by atoms with Crippen LogP contribution in [0.2, 0.25) is 0 Å². The van der Waals surface area contributed by atoms with E-state index in [0.29, 0.717) is 15.8 Å².